The molecule has 0 radical (unpaired) electrons. The number of ether oxygens (including phenoxy) is 1. The number of carboxylic acid groups (broad SMARTS) is 1. The van der Waals surface area contributed by atoms with Gasteiger partial charge >= 0.3 is 57.4 Å². The van der Waals surface area contributed by atoms with Gasteiger partial charge in [-0.3, -0.25) is 0 Å². The zero-order valence-corrected chi connectivity index (χ0v) is 21.1. The number of nitrogens with one attached hydrogen (secondary N) is 2. The van der Waals surface area contributed by atoms with E-state index in [1.54, 1.807) is 30.3 Å². The van der Waals surface area contributed by atoms with E-state index in [1.165, 1.54) is 12.1 Å². The van der Waals surface area contributed by atoms with Crippen LogP contribution in [0.3, 0.4) is 0 Å². The minimum atomic E-state index is -1.40. The number of urea groups is 1. The number of benzene rings is 2. The number of fused-ring (bicyclic) bond motifs is 1. The van der Waals surface area contributed by atoms with Crippen LogP contribution in [-0.4, -0.2) is 35.3 Å². The quantitative estimate of drug-likeness (QED) is 0.299. The minimum absolute atomic E-state index is 0. The van der Waals surface area contributed by atoms with Crippen LogP contribution in [0.25, 0.3) is 11.4 Å². The fraction of sp³-hybridized carbons (Fsp3) is 0.273. The standard InChI is InChI=1S/C22H21FN4O5.K/c23-16-6-3-13(4-7-16)20-25-18(32-27-20)2-1-10-24-22(30)26-19(21(28)29)15-5-8-17-14(12-15)9-11-31-17;/h3-8,12,19H,1-2,9-11H2,(H,28,29)(H2,24,26,30);/q;+1/p-1. The summed E-state index contributed by atoms with van der Waals surface area (Å²) in [4.78, 5) is 28.0. The summed E-state index contributed by atoms with van der Waals surface area (Å²) in [6.07, 6.45) is 1.58. The normalized spacial score (nSPS) is 12.8. The Labute approximate surface area is 231 Å². The Morgan fingerprint density at radius 3 is 2.73 bits per heavy atom. The van der Waals surface area contributed by atoms with Crippen molar-refractivity contribution >= 4 is 12.0 Å². The summed E-state index contributed by atoms with van der Waals surface area (Å²) in [5.41, 5.74) is 1.95. The van der Waals surface area contributed by atoms with Crippen LogP contribution in [0, 0.1) is 5.82 Å². The number of amides is 2. The Morgan fingerprint density at radius 2 is 1.97 bits per heavy atom. The first-order valence-electron chi connectivity index (χ1n) is 10.1. The number of carbonyl (C=O) groups is 2. The molecule has 2 heterocycles. The van der Waals surface area contributed by atoms with Crippen molar-refractivity contribution in [3.8, 4) is 17.1 Å². The Hall–Kier alpha value is -2.31. The first-order valence-corrected chi connectivity index (χ1v) is 10.1. The summed E-state index contributed by atoms with van der Waals surface area (Å²) in [6, 6.07) is 8.81. The van der Waals surface area contributed by atoms with E-state index in [0.717, 1.165) is 11.3 Å². The van der Waals surface area contributed by atoms with E-state index in [2.05, 4.69) is 20.8 Å². The maximum atomic E-state index is 13.0. The predicted octanol–water partition coefficient (Wildman–Crippen LogP) is -1.46. The third kappa shape index (κ3) is 6.61. The van der Waals surface area contributed by atoms with Crippen LogP contribution in [0.15, 0.2) is 47.0 Å². The Bertz CT molecular complexity index is 1120. The van der Waals surface area contributed by atoms with Gasteiger partial charge in [-0.15, -0.1) is 0 Å². The molecule has 11 heteroatoms. The van der Waals surface area contributed by atoms with Crippen molar-refractivity contribution in [3.05, 3.63) is 65.3 Å². The number of nitrogens with zero attached hydrogens (tertiary/aromatic N) is 2. The zero-order chi connectivity index (χ0) is 22.5. The zero-order valence-electron chi connectivity index (χ0n) is 18.0. The predicted molar refractivity (Wildman–Crippen MR) is 108 cm³/mol. The van der Waals surface area contributed by atoms with Gasteiger partial charge in [0.1, 0.15) is 11.6 Å². The fourth-order valence-corrected chi connectivity index (χ4v) is 3.36. The second-order valence-corrected chi connectivity index (χ2v) is 7.24. The fourth-order valence-electron chi connectivity index (χ4n) is 3.36. The number of rotatable bonds is 8. The summed E-state index contributed by atoms with van der Waals surface area (Å²) in [5, 5.41) is 20.4. The van der Waals surface area contributed by atoms with Crippen LogP contribution < -0.4 is 71.9 Å². The molecular formula is C22H20FKN4O5. The number of carboxylic acids is 1. The van der Waals surface area contributed by atoms with E-state index in [4.69, 9.17) is 9.26 Å². The molecule has 2 amide bonds. The molecule has 0 saturated heterocycles. The van der Waals surface area contributed by atoms with Gasteiger partial charge in [-0.1, -0.05) is 11.2 Å². The maximum absolute atomic E-state index is 13.0. The molecule has 1 aliphatic rings. The number of aliphatic carboxylic acids is 1. The van der Waals surface area contributed by atoms with Crippen molar-refractivity contribution in [2.75, 3.05) is 13.2 Å². The molecular weight excluding hydrogens is 458 g/mol. The van der Waals surface area contributed by atoms with E-state index < -0.39 is 18.0 Å². The van der Waals surface area contributed by atoms with Gasteiger partial charge in [0.15, 0.2) is 0 Å². The second kappa shape index (κ2) is 11.7. The smallest absolute Gasteiger partial charge is 0.548 e. The van der Waals surface area contributed by atoms with Crippen LogP contribution in [0.2, 0.25) is 0 Å². The Morgan fingerprint density at radius 1 is 1.18 bits per heavy atom. The molecule has 3 aromatic rings. The number of hydrogen-bond donors (Lipinski definition) is 2. The third-order valence-electron chi connectivity index (χ3n) is 4.98. The van der Waals surface area contributed by atoms with Gasteiger partial charge in [0.25, 0.3) is 0 Å². The number of aryl methyl sites for hydroxylation is 1. The van der Waals surface area contributed by atoms with Gasteiger partial charge < -0.3 is 29.8 Å². The van der Waals surface area contributed by atoms with Crippen molar-refractivity contribution in [2.24, 2.45) is 0 Å². The van der Waals surface area contributed by atoms with E-state index in [1.807, 2.05) is 0 Å². The van der Waals surface area contributed by atoms with Gasteiger partial charge in [-0.2, -0.15) is 4.98 Å². The molecule has 0 saturated carbocycles. The topological polar surface area (TPSA) is 129 Å². The van der Waals surface area contributed by atoms with Gasteiger partial charge in [-0.05, 0) is 53.9 Å². The molecule has 1 atom stereocenters. The first-order chi connectivity index (χ1) is 15.5. The van der Waals surface area contributed by atoms with E-state index in [0.29, 0.717) is 48.7 Å². The SMILES string of the molecule is O=C(NCCCc1nc(-c2ccc(F)cc2)no1)NC(C(=O)[O-])c1ccc2c(c1)CCO2.[K+]. The molecule has 0 fully saturated rings. The molecule has 9 nitrogen and oxygen atoms in total. The van der Waals surface area contributed by atoms with Crippen LogP contribution in [0.1, 0.15) is 29.5 Å². The minimum Gasteiger partial charge on any atom is -0.548 e. The largest absolute Gasteiger partial charge is 1.00 e. The summed E-state index contributed by atoms with van der Waals surface area (Å²) >= 11 is 0. The number of carbonyl (C=O) groups excluding carboxylic acids is 2. The van der Waals surface area contributed by atoms with Crippen LogP contribution in [0.5, 0.6) is 5.75 Å². The molecule has 4 rings (SSSR count). The van der Waals surface area contributed by atoms with Crippen molar-refractivity contribution < 1.29 is 79.7 Å². The molecule has 0 spiro atoms. The molecule has 1 aromatic heterocycles. The van der Waals surface area contributed by atoms with Crippen molar-refractivity contribution in [1.29, 1.82) is 0 Å². The van der Waals surface area contributed by atoms with E-state index >= 15 is 0 Å². The average Bonchev–Trinajstić information content (AvgIpc) is 3.44. The van der Waals surface area contributed by atoms with Gasteiger partial charge in [0.05, 0.1) is 18.6 Å². The number of hydrogen-bond acceptors (Lipinski definition) is 7. The monoisotopic (exact) mass is 478 g/mol. The molecule has 0 aliphatic carbocycles. The summed E-state index contributed by atoms with van der Waals surface area (Å²) in [7, 11) is 0. The van der Waals surface area contributed by atoms with E-state index in [9.17, 15) is 19.1 Å². The van der Waals surface area contributed by atoms with Gasteiger partial charge in [0, 0.05) is 24.9 Å². The molecule has 1 aliphatic heterocycles. The van der Waals surface area contributed by atoms with Crippen molar-refractivity contribution in [2.45, 2.75) is 25.3 Å². The number of aromatic nitrogens is 2. The third-order valence-corrected chi connectivity index (χ3v) is 4.98. The van der Waals surface area contributed by atoms with Crippen molar-refractivity contribution in [1.82, 2.24) is 20.8 Å². The summed E-state index contributed by atoms with van der Waals surface area (Å²) < 4.78 is 23.6. The van der Waals surface area contributed by atoms with Gasteiger partial charge in [0.2, 0.25) is 11.7 Å². The molecule has 2 aromatic carbocycles. The van der Waals surface area contributed by atoms with E-state index in [-0.39, 0.29) is 63.7 Å². The maximum Gasteiger partial charge on any atom is 1.00 e. The van der Waals surface area contributed by atoms with Crippen LogP contribution in [0.4, 0.5) is 9.18 Å². The Balaban J connectivity index is 0.00000306. The molecule has 1 unspecified atom stereocenters. The molecule has 0 bridgehead atoms. The van der Waals surface area contributed by atoms with Crippen LogP contribution in [-0.2, 0) is 17.6 Å². The average molecular weight is 479 g/mol. The molecule has 2 N–H and O–H groups in total. The van der Waals surface area contributed by atoms with Crippen molar-refractivity contribution in [3.63, 3.8) is 0 Å². The van der Waals surface area contributed by atoms with Gasteiger partial charge in [-0.25, -0.2) is 9.18 Å². The summed E-state index contributed by atoms with van der Waals surface area (Å²) in [5.74, 6) is -0.313. The molecule has 166 valence electrons. The molecule has 33 heavy (non-hydrogen) atoms. The Kier molecular flexibility index (Phi) is 8.98. The first kappa shape index (κ1) is 25.3. The number of halogens is 1. The second-order valence-electron chi connectivity index (χ2n) is 7.24. The summed E-state index contributed by atoms with van der Waals surface area (Å²) in [6.45, 7) is 0.812. The van der Waals surface area contributed by atoms with Crippen LogP contribution >= 0.6 is 0 Å².